The summed E-state index contributed by atoms with van der Waals surface area (Å²) in [4.78, 5) is 21.7. The number of carboxylic acids is 1. The standard InChI is InChI=1S/C15H12ClN3O2S/c1-7-8(2)22-13-11(7)12(18-15(16)19-13)17-10-6-4-3-5-9(10)14(20)21/h3-6H,1-2H3,(H,20,21)(H,17,18,19). The van der Waals surface area contributed by atoms with E-state index in [-0.39, 0.29) is 10.8 Å². The smallest absolute Gasteiger partial charge is 0.337 e. The molecule has 0 fully saturated rings. The van der Waals surface area contributed by atoms with E-state index in [2.05, 4.69) is 15.3 Å². The van der Waals surface area contributed by atoms with Gasteiger partial charge in [-0.1, -0.05) is 12.1 Å². The van der Waals surface area contributed by atoms with E-state index < -0.39 is 5.97 Å². The Bertz CT molecular complexity index is 892. The van der Waals surface area contributed by atoms with Crippen molar-refractivity contribution in [1.82, 2.24) is 9.97 Å². The van der Waals surface area contributed by atoms with Gasteiger partial charge in [-0.15, -0.1) is 11.3 Å². The summed E-state index contributed by atoms with van der Waals surface area (Å²) >= 11 is 7.52. The molecule has 0 aliphatic heterocycles. The predicted molar refractivity (Wildman–Crippen MR) is 88.6 cm³/mol. The molecule has 7 heteroatoms. The summed E-state index contributed by atoms with van der Waals surface area (Å²) in [6, 6.07) is 6.67. The number of hydrogen-bond donors (Lipinski definition) is 2. The molecule has 2 aromatic heterocycles. The lowest BCUT2D eigenvalue weighted by Crippen LogP contribution is -2.04. The minimum absolute atomic E-state index is 0.129. The second kappa shape index (κ2) is 5.55. The zero-order valence-corrected chi connectivity index (χ0v) is 13.4. The van der Waals surface area contributed by atoms with E-state index in [0.717, 1.165) is 20.7 Å². The molecule has 0 atom stereocenters. The Labute approximate surface area is 135 Å². The molecule has 3 aromatic rings. The summed E-state index contributed by atoms with van der Waals surface area (Å²) < 4.78 is 0. The van der Waals surface area contributed by atoms with Crippen molar-refractivity contribution in [1.29, 1.82) is 0 Å². The van der Waals surface area contributed by atoms with Crippen molar-refractivity contribution in [3.63, 3.8) is 0 Å². The topological polar surface area (TPSA) is 75.1 Å². The molecule has 3 rings (SSSR count). The fourth-order valence-corrected chi connectivity index (χ4v) is 3.47. The highest BCUT2D eigenvalue weighted by atomic mass is 35.5. The van der Waals surface area contributed by atoms with Crippen LogP contribution in [-0.4, -0.2) is 21.0 Å². The lowest BCUT2D eigenvalue weighted by atomic mass is 10.1. The number of anilines is 2. The molecule has 0 spiro atoms. The summed E-state index contributed by atoms with van der Waals surface area (Å²) in [5.41, 5.74) is 1.70. The number of halogens is 1. The van der Waals surface area contributed by atoms with Crippen LogP contribution in [0.15, 0.2) is 24.3 Å². The van der Waals surface area contributed by atoms with Gasteiger partial charge < -0.3 is 10.4 Å². The van der Waals surface area contributed by atoms with Crippen LogP contribution in [0, 0.1) is 13.8 Å². The maximum Gasteiger partial charge on any atom is 0.337 e. The fraction of sp³-hybridized carbons (Fsp3) is 0.133. The normalized spacial score (nSPS) is 10.9. The van der Waals surface area contributed by atoms with Gasteiger partial charge in [0.15, 0.2) is 0 Å². The summed E-state index contributed by atoms with van der Waals surface area (Å²) in [5.74, 6) is -0.483. The number of nitrogens with zero attached hydrogens (tertiary/aromatic N) is 2. The molecule has 0 unspecified atom stereocenters. The number of para-hydroxylation sites is 1. The average Bonchev–Trinajstić information content (AvgIpc) is 2.74. The maximum atomic E-state index is 11.3. The van der Waals surface area contributed by atoms with Crippen molar-refractivity contribution in [3.8, 4) is 0 Å². The second-order valence-corrected chi connectivity index (χ2v) is 6.32. The van der Waals surface area contributed by atoms with Crippen molar-refractivity contribution in [3.05, 3.63) is 45.6 Å². The zero-order chi connectivity index (χ0) is 15.9. The van der Waals surface area contributed by atoms with Crippen LogP contribution in [-0.2, 0) is 0 Å². The van der Waals surface area contributed by atoms with Crippen LogP contribution >= 0.6 is 22.9 Å². The van der Waals surface area contributed by atoms with E-state index in [1.54, 1.807) is 18.2 Å². The Hall–Kier alpha value is -2.18. The lowest BCUT2D eigenvalue weighted by Gasteiger charge is -2.10. The van der Waals surface area contributed by atoms with Gasteiger partial charge in [-0.2, -0.15) is 4.98 Å². The highest BCUT2D eigenvalue weighted by Crippen LogP contribution is 2.35. The molecule has 0 bridgehead atoms. The van der Waals surface area contributed by atoms with E-state index in [1.165, 1.54) is 17.4 Å². The molecule has 5 nitrogen and oxygen atoms in total. The van der Waals surface area contributed by atoms with Gasteiger partial charge in [0.2, 0.25) is 5.28 Å². The third-order valence-electron chi connectivity index (χ3n) is 3.41. The Balaban J connectivity index is 2.18. The number of aryl methyl sites for hydroxylation is 2. The molecule has 2 N–H and O–H groups in total. The van der Waals surface area contributed by atoms with Gasteiger partial charge in [0.25, 0.3) is 0 Å². The number of aromatic nitrogens is 2. The second-order valence-electron chi connectivity index (χ2n) is 4.78. The molecule has 1 aromatic carbocycles. The highest BCUT2D eigenvalue weighted by molar-refractivity contribution is 7.18. The summed E-state index contributed by atoms with van der Waals surface area (Å²) in [5, 5.41) is 13.4. The van der Waals surface area contributed by atoms with Crippen molar-refractivity contribution in [2.24, 2.45) is 0 Å². The minimum atomic E-state index is -1.00. The van der Waals surface area contributed by atoms with E-state index in [1.807, 2.05) is 13.8 Å². The molecule has 0 amide bonds. The highest BCUT2D eigenvalue weighted by Gasteiger charge is 2.16. The van der Waals surface area contributed by atoms with Gasteiger partial charge >= 0.3 is 5.97 Å². The summed E-state index contributed by atoms with van der Waals surface area (Å²) in [7, 11) is 0. The van der Waals surface area contributed by atoms with Gasteiger partial charge in [-0.05, 0) is 43.1 Å². The first-order valence-electron chi connectivity index (χ1n) is 6.50. The molecule has 2 heterocycles. The van der Waals surface area contributed by atoms with Crippen molar-refractivity contribution in [2.45, 2.75) is 13.8 Å². The summed E-state index contributed by atoms with van der Waals surface area (Å²) in [6.45, 7) is 3.99. The molecule has 0 aliphatic rings. The minimum Gasteiger partial charge on any atom is -0.478 e. The van der Waals surface area contributed by atoms with Crippen LogP contribution in [0.1, 0.15) is 20.8 Å². The van der Waals surface area contributed by atoms with E-state index >= 15 is 0 Å². The number of nitrogens with one attached hydrogen (secondary N) is 1. The number of rotatable bonds is 3. The SMILES string of the molecule is Cc1sc2nc(Cl)nc(Nc3ccccc3C(=O)O)c2c1C. The first-order valence-corrected chi connectivity index (χ1v) is 7.69. The zero-order valence-electron chi connectivity index (χ0n) is 11.8. The predicted octanol–water partition coefficient (Wildman–Crippen LogP) is 4.40. The molecule has 22 heavy (non-hydrogen) atoms. The van der Waals surface area contributed by atoms with Crippen LogP contribution in [0.25, 0.3) is 10.2 Å². The van der Waals surface area contributed by atoms with Gasteiger partial charge in [0.05, 0.1) is 16.6 Å². The van der Waals surface area contributed by atoms with Crippen LogP contribution in [0.4, 0.5) is 11.5 Å². The Morgan fingerprint density at radius 3 is 2.73 bits per heavy atom. The molecule has 0 aliphatic carbocycles. The first-order chi connectivity index (χ1) is 10.5. The number of carboxylic acid groups (broad SMARTS) is 1. The molecular formula is C15H12ClN3O2S. The van der Waals surface area contributed by atoms with Crippen LogP contribution in [0.2, 0.25) is 5.28 Å². The number of carbonyl (C=O) groups is 1. The molecule has 0 saturated heterocycles. The van der Waals surface area contributed by atoms with Gasteiger partial charge in [-0.3, -0.25) is 0 Å². The molecule has 112 valence electrons. The number of aromatic carboxylic acids is 1. The third kappa shape index (κ3) is 2.51. The number of hydrogen-bond acceptors (Lipinski definition) is 5. The van der Waals surface area contributed by atoms with Crippen molar-refractivity contribution in [2.75, 3.05) is 5.32 Å². The van der Waals surface area contributed by atoms with E-state index in [4.69, 9.17) is 11.6 Å². The average molecular weight is 334 g/mol. The monoisotopic (exact) mass is 333 g/mol. The maximum absolute atomic E-state index is 11.3. The lowest BCUT2D eigenvalue weighted by molar-refractivity contribution is 0.0698. The fourth-order valence-electron chi connectivity index (χ4n) is 2.22. The largest absolute Gasteiger partial charge is 0.478 e. The number of fused-ring (bicyclic) bond motifs is 1. The Morgan fingerprint density at radius 2 is 2.00 bits per heavy atom. The van der Waals surface area contributed by atoms with E-state index in [9.17, 15) is 9.90 Å². The van der Waals surface area contributed by atoms with Crippen LogP contribution in [0.5, 0.6) is 0 Å². The molecule has 0 saturated carbocycles. The van der Waals surface area contributed by atoms with Gasteiger partial charge in [0, 0.05) is 4.88 Å². The van der Waals surface area contributed by atoms with Crippen LogP contribution < -0.4 is 5.32 Å². The van der Waals surface area contributed by atoms with Crippen molar-refractivity contribution >= 4 is 50.6 Å². The van der Waals surface area contributed by atoms with E-state index in [0.29, 0.717) is 11.5 Å². The Morgan fingerprint density at radius 1 is 1.27 bits per heavy atom. The summed E-state index contributed by atoms with van der Waals surface area (Å²) in [6.07, 6.45) is 0. The molecular weight excluding hydrogens is 322 g/mol. The number of benzene rings is 1. The quantitative estimate of drug-likeness (QED) is 0.695. The van der Waals surface area contributed by atoms with Crippen LogP contribution in [0.3, 0.4) is 0 Å². The number of thiophene rings is 1. The molecule has 0 radical (unpaired) electrons. The van der Waals surface area contributed by atoms with Crippen molar-refractivity contribution < 1.29 is 9.90 Å². The van der Waals surface area contributed by atoms with Gasteiger partial charge in [0.1, 0.15) is 10.6 Å². The first kappa shape index (κ1) is 14.7. The third-order valence-corrected chi connectivity index (χ3v) is 4.68. The van der Waals surface area contributed by atoms with Gasteiger partial charge in [-0.25, -0.2) is 9.78 Å². The Kier molecular flexibility index (Phi) is 3.72.